The highest BCUT2D eigenvalue weighted by atomic mass is 19.3. The van der Waals surface area contributed by atoms with Crippen molar-refractivity contribution in [1.82, 2.24) is 0 Å². The normalized spacial score (nSPS) is 23.3. The number of alkyl halides is 2. The molecule has 4 rings (SSSR count). The number of halogens is 3. The maximum atomic E-state index is 14.6. The topological polar surface area (TPSA) is 9.23 Å². The maximum Gasteiger partial charge on any atom is 0.426 e. The Balaban J connectivity index is 1.37. The summed E-state index contributed by atoms with van der Waals surface area (Å²) in [5.41, 5.74) is 1.33. The smallest absolute Gasteiger partial charge is 0.426 e. The van der Waals surface area contributed by atoms with Crippen LogP contribution in [0.2, 0.25) is 0 Å². The number of aryl methyl sites for hydroxylation is 1. The van der Waals surface area contributed by atoms with Crippen molar-refractivity contribution >= 4 is 0 Å². The molecule has 0 aromatic heterocycles. The molecule has 2 saturated carbocycles. The number of hydrogen-bond acceptors (Lipinski definition) is 1. The first kappa shape index (κ1) is 21.3. The zero-order chi connectivity index (χ0) is 21.1. The summed E-state index contributed by atoms with van der Waals surface area (Å²) in [7, 11) is 0. The Morgan fingerprint density at radius 3 is 2.07 bits per heavy atom. The van der Waals surface area contributed by atoms with E-state index in [9.17, 15) is 13.2 Å². The Kier molecular flexibility index (Phi) is 6.40. The summed E-state index contributed by atoms with van der Waals surface area (Å²) in [6, 6.07) is 10.3. The summed E-state index contributed by atoms with van der Waals surface area (Å²) < 4.78 is 47.6. The van der Waals surface area contributed by atoms with Crippen LogP contribution >= 0.6 is 0 Å². The summed E-state index contributed by atoms with van der Waals surface area (Å²) in [5.74, 6) is 1.49. The van der Waals surface area contributed by atoms with Crippen LogP contribution in [0, 0.1) is 24.6 Å². The molecule has 162 valence electrons. The van der Waals surface area contributed by atoms with Crippen LogP contribution < -0.4 is 4.74 Å². The van der Waals surface area contributed by atoms with Crippen molar-refractivity contribution in [2.45, 2.75) is 76.7 Å². The Morgan fingerprint density at radius 2 is 1.43 bits per heavy atom. The maximum absolute atomic E-state index is 14.6. The van der Waals surface area contributed by atoms with Gasteiger partial charge in [-0.2, -0.15) is 8.78 Å². The zero-order valence-corrected chi connectivity index (χ0v) is 17.7. The third-order valence-corrected chi connectivity index (χ3v) is 7.20. The third-order valence-electron chi connectivity index (χ3n) is 7.20. The molecule has 0 radical (unpaired) electrons. The van der Waals surface area contributed by atoms with Crippen LogP contribution in [-0.2, 0) is 6.11 Å². The van der Waals surface area contributed by atoms with E-state index in [4.69, 9.17) is 4.74 Å². The fraction of sp³-hybridized carbons (Fsp3) is 0.538. The molecule has 2 aliphatic carbocycles. The van der Waals surface area contributed by atoms with Crippen LogP contribution in [-0.4, -0.2) is 0 Å². The van der Waals surface area contributed by atoms with Gasteiger partial charge in [0.2, 0.25) is 0 Å². The molecule has 0 aliphatic heterocycles. The van der Waals surface area contributed by atoms with E-state index in [0.29, 0.717) is 11.5 Å². The highest BCUT2D eigenvalue weighted by molar-refractivity contribution is 5.31. The van der Waals surface area contributed by atoms with Crippen molar-refractivity contribution in [2.24, 2.45) is 11.8 Å². The zero-order valence-electron chi connectivity index (χ0n) is 17.7. The number of ether oxygens (including phenoxy) is 1. The molecular formula is C26H31F3O. The molecule has 0 heterocycles. The minimum Gasteiger partial charge on any atom is -0.429 e. The van der Waals surface area contributed by atoms with Gasteiger partial charge in [0.1, 0.15) is 11.6 Å². The van der Waals surface area contributed by atoms with Gasteiger partial charge in [-0.25, -0.2) is 4.39 Å². The summed E-state index contributed by atoms with van der Waals surface area (Å²) in [6.45, 7) is 1.58. The van der Waals surface area contributed by atoms with Crippen LogP contribution in [0.25, 0.3) is 0 Å². The predicted molar refractivity (Wildman–Crippen MR) is 113 cm³/mol. The van der Waals surface area contributed by atoms with Crippen LogP contribution in [0.15, 0.2) is 42.5 Å². The fourth-order valence-electron chi connectivity index (χ4n) is 5.32. The molecule has 0 N–H and O–H groups in total. The number of rotatable bonds is 5. The first-order valence-electron chi connectivity index (χ1n) is 11.4. The fourth-order valence-corrected chi connectivity index (χ4v) is 5.32. The minimum atomic E-state index is -3.50. The number of benzene rings is 2. The SMILES string of the molecule is Cc1ccc(OC(F)(F)c2ccc(C3CCC(C4CCCCC4)CC3)cc2)cc1F. The van der Waals surface area contributed by atoms with E-state index < -0.39 is 11.9 Å². The van der Waals surface area contributed by atoms with Crippen molar-refractivity contribution in [1.29, 1.82) is 0 Å². The highest BCUT2D eigenvalue weighted by Gasteiger charge is 2.35. The van der Waals surface area contributed by atoms with Gasteiger partial charge in [-0.3, -0.25) is 0 Å². The summed E-state index contributed by atoms with van der Waals surface area (Å²) in [4.78, 5) is 0. The van der Waals surface area contributed by atoms with E-state index in [1.807, 2.05) is 12.1 Å². The van der Waals surface area contributed by atoms with E-state index >= 15 is 0 Å². The first-order chi connectivity index (χ1) is 14.4. The molecule has 1 nitrogen and oxygen atoms in total. The lowest BCUT2D eigenvalue weighted by Crippen LogP contribution is -2.23. The molecule has 2 aromatic carbocycles. The molecule has 2 aromatic rings. The van der Waals surface area contributed by atoms with E-state index in [1.54, 1.807) is 6.92 Å². The van der Waals surface area contributed by atoms with Gasteiger partial charge in [-0.05, 0) is 79.7 Å². The van der Waals surface area contributed by atoms with E-state index in [2.05, 4.69) is 0 Å². The monoisotopic (exact) mass is 416 g/mol. The summed E-state index contributed by atoms with van der Waals surface area (Å²) >= 11 is 0. The van der Waals surface area contributed by atoms with Gasteiger partial charge < -0.3 is 4.74 Å². The van der Waals surface area contributed by atoms with E-state index in [0.717, 1.165) is 36.3 Å². The average molecular weight is 417 g/mol. The van der Waals surface area contributed by atoms with Gasteiger partial charge in [0.05, 0.1) is 5.56 Å². The molecule has 4 heteroatoms. The van der Waals surface area contributed by atoms with Gasteiger partial charge in [-0.1, -0.05) is 50.3 Å². The van der Waals surface area contributed by atoms with Crippen molar-refractivity contribution in [3.8, 4) is 5.75 Å². The number of hydrogen-bond donors (Lipinski definition) is 0. The molecule has 0 spiro atoms. The van der Waals surface area contributed by atoms with Gasteiger partial charge in [0.15, 0.2) is 0 Å². The van der Waals surface area contributed by atoms with Crippen molar-refractivity contribution in [3.05, 3.63) is 65.0 Å². The van der Waals surface area contributed by atoms with Gasteiger partial charge in [0, 0.05) is 6.07 Å². The summed E-state index contributed by atoms with van der Waals surface area (Å²) in [5, 5.41) is 0. The molecule has 30 heavy (non-hydrogen) atoms. The van der Waals surface area contributed by atoms with Gasteiger partial charge in [0.25, 0.3) is 0 Å². The molecular weight excluding hydrogens is 385 g/mol. The summed E-state index contributed by atoms with van der Waals surface area (Å²) in [6.07, 6.45) is 8.27. The van der Waals surface area contributed by atoms with Crippen LogP contribution in [0.5, 0.6) is 5.75 Å². The molecule has 0 unspecified atom stereocenters. The third kappa shape index (κ3) is 4.84. The van der Waals surface area contributed by atoms with Crippen LogP contribution in [0.1, 0.15) is 80.4 Å². The molecule has 2 aliphatic rings. The lowest BCUT2D eigenvalue weighted by atomic mass is 9.70. The van der Waals surface area contributed by atoms with Gasteiger partial charge in [-0.15, -0.1) is 0 Å². The second-order valence-corrected chi connectivity index (χ2v) is 9.16. The quantitative estimate of drug-likeness (QED) is 0.478. The lowest BCUT2D eigenvalue weighted by molar-refractivity contribution is -0.185. The van der Waals surface area contributed by atoms with Gasteiger partial charge >= 0.3 is 6.11 Å². The second-order valence-electron chi connectivity index (χ2n) is 9.16. The Hall–Kier alpha value is -1.97. The van der Waals surface area contributed by atoms with Crippen LogP contribution in [0.4, 0.5) is 13.2 Å². The van der Waals surface area contributed by atoms with E-state index in [-0.39, 0.29) is 11.3 Å². The highest BCUT2D eigenvalue weighted by Crippen LogP contribution is 2.43. The Morgan fingerprint density at radius 1 is 0.800 bits per heavy atom. The standard InChI is InChI=1S/C26H31F3O/c1-18-7-16-24(17-25(18)27)30-26(28,29)23-14-12-22(13-15-23)21-10-8-20(9-11-21)19-5-3-2-4-6-19/h7,12-17,19-21H,2-6,8-11H2,1H3. The Bertz CT molecular complexity index is 832. The molecule has 0 atom stereocenters. The molecule has 0 saturated heterocycles. The van der Waals surface area contributed by atoms with Crippen molar-refractivity contribution < 1.29 is 17.9 Å². The largest absolute Gasteiger partial charge is 0.429 e. The molecule has 0 bridgehead atoms. The second kappa shape index (κ2) is 9.03. The van der Waals surface area contributed by atoms with Crippen LogP contribution in [0.3, 0.4) is 0 Å². The first-order valence-corrected chi connectivity index (χ1v) is 11.4. The van der Waals surface area contributed by atoms with Crippen molar-refractivity contribution in [2.75, 3.05) is 0 Å². The average Bonchev–Trinajstić information content (AvgIpc) is 2.77. The lowest BCUT2D eigenvalue weighted by Gasteiger charge is -2.36. The van der Waals surface area contributed by atoms with Crippen molar-refractivity contribution in [3.63, 3.8) is 0 Å². The molecule has 0 amide bonds. The minimum absolute atomic E-state index is 0.173. The predicted octanol–water partition coefficient (Wildman–Crippen LogP) is 8.12. The molecule has 2 fully saturated rings. The Labute approximate surface area is 177 Å². The van der Waals surface area contributed by atoms with E-state index in [1.165, 1.54) is 69.2 Å².